The average Bonchev–Trinajstić information content (AvgIpc) is 3.16. The van der Waals surface area contributed by atoms with Gasteiger partial charge in [-0.1, -0.05) is 42.5 Å². The summed E-state index contributed by atoms with van der Waals surface area (Å²) in [5.74, 6) is -0.361. The molecule has 0 bridgehead atoms. The van der Waals surface area contributed by atoms with Gasteiger partial charge in [0, 0.05) is 18.2 Å². The highest BCUT2D eigenvalue weighted by molar-refractivity contribution is 5.86. The van der Waals surface area contributed by atoms with Crippen molar-refractivity contribution in [1.82, 2.24) is 5.32 Å². The number of aryl methyl sites for hydroxylation is 1. The van der Waals surface area contributed by atoms with E-state index in [0.29, 0.717) is 12.5 Å². The van der Waals surface area contributed by atoms with Gasteiger partial charge < -0.3 is 20.3 Å². The van der Waals surface area contributed by atoms with Crippen LogP contribution < -0.4 is 5.32 Å². The van der Waals surface area contributed by atoms with E-state index in [-0.39, 0.29) is 18.2 Å². The van der Waals surface area contributed by atoms with Crippen LogP contribution in [0.4, 0.5) is 0 Å². The predicted octanol–water partition coefficient (Wildman–Crippen LogP) is 4.70. The lowest BCUT2D eigenvalue weighted by Crippen LogP contribution is -2.45. The molecule has 2 aromatic rings. The van der Waals surface area contributed by atoms with Crippen LogP contribution in [0.15, 0.2) is 48.5 Å². The number of fused-ring (bicyclic) bond motifs is 1. The molecule has 0 saturated carbocycles. The molecule has 3 rings (SSSR count). The normalized spacial score (nSPS) is 16.2. The largest absolute Gasteiger partial charge is 0.478 e. The van der Waals surface area contributed by atoms with Gasteiger partial charge in [0.1, 0.15) is 0 Å². The maximum atomic E-state index is 10.9. The Labute approximate surface area is 197 Å². The Bertz CT molecular complexity index is 957. The first-order chi connectivity index (χ1) is 15.6. The molecule has 0 radical (unpaired) electrons. The van der Waals surface area contributed by atoms with E-state index >= 15 is 0 Å². The first-order valence-electron chi connectivity index (χ1n) is 11.8. The number of aliphatic hydroxyl groups excluding tert-OH is 1. The van der Waals surface area contributed by atoms with Gasteiger partial charge in [-0.3, -0.25) is 0 Å². The molecule has 0 heterocycles. The minimum atomic E-state index is -0.983. The zero-order valence-electron chi connectivity index (χ0n) is 20.2. The first kappa shape index (κ1) is 25.2. The minimum absolute atomic E-state index is 0.0787. The topological polar surface area (TPSA) is 78.8 Å². The lowest BCUT2D eigenvalue weighted by Gasteiger charge is -2.31. The summed E-state index contributed by atoms with van der Waals surface area (Å²) in [6.45, 7) is 8.92. The number of hydrogen-bond acceptors (Lipinski definition) is 4. The number of nitrogens with one attached hydrogen (secondary N) is 1. The van der Waals surface area contributed by atoms with Crippen molar-refractivity contribution in [3.8, 4) is 0 Å². The van der Waals surface area contributed by atoms with Crippen molar-refractivity contribution in [2.45, 2.75) is 64.7 Å². The molecule has 1 aliphatic rings. The highest BCUT2D eigenvalue weighted by atomic mass is 16.5. The number of carboxylic acids is 1. The lowest BCUT2D eigenvalue weighted by atomic mass is 9.88. The van der Waals surface area contributed by atoms with Gasteiger partial charge in [-0.15, -0.1) is 0 Å². The number of carbonyl (C=O) groups is 1. The number of β-amino-alcohol motifs (C(OH)–C–C–N with tert-alkyl or cyclic N) is 1. The van der Waals surface area contributed by atoms with Crippen LogP contribution in [0.2, 0.25) is 0 Å². The summed E-state index contributed by atoms with van der Waals surface area (Å²) >= 11 is 0. The molecular weight excluding hydrogens is 414 g/mol. The highest BCUT2D eigenvalue weighted by Gasteiger charge is 2.28. The molecule has 2 aromatic carbocycles. The van der Waals surface area contributed by atoms with Gasteiger partial charge in [0.15, 0.2) is 0 Å². The number of ether oxygens (including phenoxy) is 1. The second kappa shape index (κ2) is 11.1. The molecule has 1 aliphatic carbocycles. The molecule has 0 spiro atoms. The number of hydrogen-bond donors (Lipinski definition) is 3. The third-order valence-electron chi connectivity index (χ3n) is 6.48. The summed E-state index contributed by atoms with van der Waals surface area (Å²) in [5, 5.41) is 23.0. The average molecular weight is 452 g/mol. The van der Waals surface area contributed by atoms with Crippen LogP contribution in [0, 0.1) is 12.8 Å². The van der Waals surface area contributed by atoms with Gasteiger partial charge in [0.05, 0.1) is 18.8 Å². The quantitative estimate of drug-likeness (QED) is 0.432. The molecule has 5 heteroatoms. The van der Waals surface area contributed by atoms with Crippen molar-refractivity contribution in [1.29, 1.82) is 0 Å². The Hall–Kier alpha value is -2.47. The van der Waals surface area contributed by atoms with E-state index in [1.54, 1.807) is 6.08 Å². The Morgan fingerprint density at radius 2 is 1.85 bits per heavy atom. The third kappa shape index (κ3) is 7.26. The monoisotopic (exact) mass is 451 g/mol. The Balaban J connectivity index is 1.48. The van der Waals surface area contributed by atoms with E-state index in [9.17, 15) is 9.90 Å². The Kier molecular flexibility index (Phi) is 8.46. The van der Waals surface area contributed by atoms with E-state index in [1.165, 1.54) is 11.1 Å². The fourth-order valence-electron chi connectivity index (χ4n) is 4.83. The summed E-state index contributed by atoms with van der Waals surface area (Å²) < 4.78 is 5.96. The minimum Gasteiger partial charge on any atom is -0.478 e. The van der Waals surface area contributed by atoms with Gasteiger partial charge in [-0.2, -0.15) is 0 Å². The first-order valence-corrected chi connectivity index (χ1v) is 11.8. The second-order valence-corrected chi connectivity index (χ2v) is 9.89. The predicted molar refractivity (Wildman–Crippen MR) is 132 cm³/mol. The van der Waals surface area contributed by atoms with Gasteiger partial charge in [-0.25, -0.2) is 4.79 Å². The lowest BCUT2D eigenvalue weighted by molar-refractivity contribution is -0.131. The fourth-order valence-corrected chi connectivity index (χ4v) is 4.83. The zero-order valence-corrected chi connectivity index (χ0v) is 20.2. The van der Waals surface area contributed by atoms with Crippen molar-refractivity contribution in [3.05, 3.63) is 76.4 Å². The highest BCUT2D eigenvalue weighted by Crippen LogP contribution is 2.32. The molecule has 0 fully saturated rings. The molecule has 0 aromatic heterocycles. The van der Waals surface area contributed by atoms with Crippen LogP contribution in [0.1, 0.15) is 61.1 Å². The van der Waals surface area contributed by atoms with Crippen LogP contribution in [0.25, 0.3) is 6.08 Å². The number of aliphatic hydroxyl groups is 1. The maximum absolute atomic E-state index is 10.9. The second-order valence-electron chi connectivity index (χ2n) is 9.89. The molecule has 0 amide bonds. The maximum Gasteiger partial charge on any atom is 0.328 e. The van der Waals surface area contributed by atoms with Crippen molar-refractivity contribution in [3.63, 3.8) is 0 Å². The van der Waals surface area contributed by atoms with Crippen LogP contribution in [-0.4, -0.2) is 41.0 Å². The molecule has 178 valence electrons. The van der Waals surface area contributed by atoms with Crippen LogP contribution in [0.3, 0.4) is 0 Å². The van der Waals surface area contributed by atoms with Gasteiger partial charge in [0.2, 0.25) is 0 Å². The van der Waals surface area contributed by atoms with Crippen molar-refractivity contribution < 1.29 is 19.7 Å². The Morgan fingerprint density at radius 1 is 1.18 bits per heavy atom. The van der Waals surface area contributed by atoms with Gasteiger partial charge >= 0.3 is 5.97 Å². The van der Waals surface area contributed by atoms with Crippen molar-refractivity contribution >= 4 is 12.0 Å². The molecule has 0 saturated heterocycles. The molecule has 3 N–H and O–H groups in total. The van der Waals surface area contributed by atoms with Crippen LogP contribution in [0.5, 0.6) is 0 Å². The zero-order chi connectivity index (χ0) is 24.0. The SMILES string of the molecule is Cc1cccc([C@@H](C)OC[C@@H](O)CNC(C)(C)CC2Cc3ccccc3C2)c1/C=C/C(=O)O. The van der Waals surface area contributed by atoms with E-state index in [1.807, 2.05) is 32.0 Å². The van der Waals surface area contributed by atoms with Gasteiger partial charge in [0.25, 0.3) is 0 Å². The summed E-state index contributed by atoms with van der Waals surface area (Å²) in [4.78, 5) is 10.9. The number of aliphatic carboxylic acids is 1. The van der Waals surface area contributed by atoms with Gasteiger partial charge in [-0.05, 0) is 86.8 Å². The smallest absolute Gasteiger partial charge is 0.328 e. The van der Waals surface area contributed by atoms with Crippen LogP contribution >= 0.6 is 0 Å². The van der Waals surface area contributed by atoms with E-state index in [2.05, 4.69) is 43.4 Å². The molecule has 0 unspecified atom stereocenters. The molecule has 2 atom stereocenters. The summed E-state index contributed by atoms with van der Waals surface area (Å²) in [7, 11) is 0. The number of benzene rings is 2. The van der Waals surface area contributed by atoms with Crippen molar-refractivity contribution in [2.24, 2.45) is 5.92 Å². The summed E-state index contributed by atoms with van der Waals surface area (Å²) in [6, 6.07) is 14.5. The number of rotatable bonds is 11. The number of carboxylic acid groups (broad SMARTS) is 1. The molecule has 33 heavy (non-hydrogen) atoms. The molecular formula is C28H37NO4. The molecule has 0 aliphatic heterocycles. The summed E-state index contributed by atoms with van der Waals surface area (Å²) in [5.41, 5.74) is 5.60. The van der Waals surface area contributed by atoms with E-state index in [4.69, 9.17) is 9.84 Å². The molecule has 5 nitrogen and oxygen atoms in total. The standard InChI is InChI=1S/C28H37NO4/c1-19-8-7-11-26(25(19)12-13-27(31)32)20(2)33-18-24(30)17-29-28(3,4)16-21-14-22-9-5-6-10-23(22)15-21/h5-13,20-21,24,29-30H,14-18H2,1-4H3,(H,31,32)/b13-12+/t20-,24+/m1/s1. The third-order valence-corrected chi connectivity index (χ3v) is 6.48. The van der Waals surface area contributed by atoms with E-state index < -0.39 is 12.1 Å². The van der Waals surface area contributed by atoms with E-state index in [0.717, 1.165) is 42.0 Å². The Morgan fingerprint density at radius 3 is 2.48 bits per heavy atom. The van der Waals surface area contributed by atoms with Crippen molar-refractivity contribution in [2.75, 3.05) is 13.2 Å². The summed E-state index contributed by atoms with van der Waals surface area (Å²) in [6.07, 6.45) is 5.15. The van der Waals surface area contributed by atoms with Crippen LogP contribution in [-0.2, 0) is 22.4 Å². The fraction of sp³-hybridized carbons (Fsp3) is 0.464.